The first-order valence-corrected chi connectivity index (χ1v) is 20.3. The topological polar surface area (TPSA) is 208 Å². The molecule has 13 nitrogen and oxygen atoms in total. The molecule has 8 N–H and O–H groups in total. The molecule has 3 heterocycles. The van der Waals surface area contributed by atoms with Gasteiger partial charge < -0.3 is 64.5 Å². The van der Waals surface area contributed by atoms with Gasteiger partial charge in [0.05, 0.1) is 48.8 Å². The first-order chi connectivity index (χ1) is 24.6. The molecule has 304 valence electrons. The molecule has 5 aliphatic carbocycles. The Morgan fingerprint density at radius 1 is 0.642 bits per heavy atom. The number of aliphatic hydroxyl groups is 8. The number of aliphatic hydroxyl groups excluding tert-OH is 7. The number of ether oxygens (including phenoxy) is 5. The molecule has 0 aromatic carbocycles. The third kappa shape index (κ3) is 5.42. The molecule has 2 spiro atoms. The van der Waals surface area contributed by atoms with Gasteiger partial charge in [-0.15, -0.1) is 0 Å². The molecule has 8 aliphatic rings. The normalized spacial score (nSPS) is 59.0. The molecule has 0 aromatic heterocycles. The largest absolute Gasteiger partial charge is 0.393 e. The first-order valence-electron chi connectivity index (χ1n) is 20.3. The number of hydrogen-bond acceptors (Lipinski definition) is 13. The summed E-state index contributed by atoms with van der Waals surface area (Å²) < 4.78 is 31.8. The highest BCUT2D eigenvalue weighted by atomic mass is 16.7. The van der Waals surface area contributed by atoms with Crippen LogP contribution in [0.4, 0.5) is 0 Å². The molecule has 13 heteroatoms. The van der Waals surface area contributed by atoms with Crippen molar-refractivity contribution in [1.82, 2.24) is 0 Å². The second kappa shape index (κ2) is 12.5. The van der Waals surface area contributed by atoms with Crippen LogP contribution in [-0.4, -0.2) is 139 Å². The predicted molar refractivity (Wildman–Crippen MR) is 188 cm³/mol. The second-order valence-electron chi connectivity index (χ2n) is 20.6. The van der Waals surface area contributed by atoms with Crippen molar-refractivity contribution >= 4 is 0 Å². The van der Waals surface area contributed by atoms with Gasteiger partial charge in [-0.05, 0) is 117 Å². The molecular weight excluding hydrogens is 688 g/mol. The molecule has 0 bridgehead atoms. The average molecular weight is 755 g/mol. The highest BCUT2D eigenvalue weighted by Crippen LogP contribution is 2.89. The van der Waals surface area contributed by atoms with Crippen LogP contribution in [-0.2, 0) is 23.7 Å². The highest BCUT2D eigenvalue weighted by Gasteiger charge is 2.85. The van der Waals surface area contributed by atoms with E-state index in [4.69, 9.17) is 23.7 Å². The fourth-order valence-electron chi connectivity index (χ4n) is 14.6. The standard InChI is InChI=1S/C40H66O13/c1-34(2)24(52-33-29(47)27(45)21(43)17-50-33)9-11-40-18-39(40)13-12-36(5)30(38(7)10-8-25(53-38)35(3,4)48)19(41)15-37(36,6)23(39)14-22(31(34)40)51-32-28(46)26(44)20(42)16-49-32/h19-33,41-48H,8-18H2,1-7H3. The highest BCUT2D eigenvalue weighted by molar-refractivity contribution is 5.33. The molecule has 0 radical (unpaired) electrons. The molecule has 53 heavy (non-hydrogen) atoms. The van der Waals surface area contributed by atoms with Crippen LogP contribution in [0.5, 0.6) is 0 Å². The molecule has 8 rings (SSSR count). The van der Waals surface area contributed by atoms with Crippen LogP contribution in [0.2, 0.25) is 0 Å². The molecule has 20 unspecified atom stereocenters. The molecular formula is C40H66O13. The van der Waals surface area contributed by atoms with E-state index < -0.39 is 84.1 Å². The van der Waals surface area contributed by atoms with Crippen LogP contribution >= 0.6 is 0 Å². The zero-order valence-corrected chi connectivity index (χ0v) is 32.6. The molecule has 5 saturated carbocycles. The lowest BCUT2D eigenvalue weighted by Gasteiger charge is -2.65. The Hall–Kier alpha value is -0.520. The third-order valence-electron chi connectivity index (χ3n) is 17.2. The molecule has 3 aliphatic heterocycles. The Morgan fingerprint density at radius 3 is 1.83 bits per heavy atom. The lowest BCUT2D eigenvalue weighted by atomic mass is 9.41. The fourth-order valence-corrected chi connectivity index (χ4v) is 14.6. The molecule has 8 fully saturated rings. The van der Waals surface area contributed by atoms with Gasteiger partial charge in [0.15, 0.2) is 12.6 Å². The van der Waals surface area contributed by atoms with Crippen molar-refractivity contribution in [3.8, 4) is 0 Å². The number of hydrogen-bond donors (Lipinski definition) is 8. The smallest absolute Gasteiger partial charge is 0.186 e. The minimum atomic E-state index is -1.45. The maximum absolute atomic E-state index is 12.2. The van der Waals surface area contributed by atoms with Gasteiger partial charge in [0.25, 0.3) is 0 Å². The van der Waals surface area contributed by atoms with Gasteiger partial charge in [0, 0.05) is 5.92 Å². The summed E-state index contributed by atoms with van der Waals surface area (Å²) in [7, 11) is 0. The zero-order valence-electron chi connectivity index (χ0n) is 32.6. The summed E-state index contributed by atoms with van der Waals surface area (Å²) in [5.74, 6) is -0.0540. The van der Waals surface area contributed by atoms with Gasteiger partial charge in [-0.1, -0.05) is 27.7 Å². The average Bonchev–Trinajstić information content (AvgIpc) is 3.44. The van der Waals surface area contributed by atoms with Crippen LogP contribution in [0.15, 0.2) is 0 Å². The summed E-state index contributed by atoms with van der Waals surface area (Å²) in [5.41, 5.74) is -2.85. The van der Waals surface area contributed by atoms with Crippen molar-refractivity contribution in [3.63, 3.8) is 0 Å². The molecule has 0 amide bonds. The van der Waals surface area contributed by atoms with E-state index in [9.17, 15) is 40.9 Å². The van der Waals surface area contributed by atoms with E-state index in [1.807, 2.05) is 0 Å². The van der Waals surface area contributed by atoms with Gasteiger partial charge in [0.2, 0.25) is 0 Å². The van der Waals surface area contributed by atoms with E-state index in [0.29, 0.717) is 19.3 Å². The predicted octanol–water partition coefficient (Wildman–Crippen LogP) is 1.36. The van der Waals surface area contributed by atoms with Crippen LogP contribution in [0.3, 0.4) is 0 Å². The van der Waals surface area contributed by atoms with Crippen molar-refractivity contribution in [2.24, 2.45) is 44.8 Å². The monoisotopic (exact) mass is 754 g/mol. The van der Waals surface area contributed by atoms with Crippen LogP contribution in [0, 0.1) is 44.8 Å². The lowest BCUT2D eigenvalue weighted by molar-refractivity contribution is -0.326. The number of rotatable bonds is 6. The minimum Gasteiger partial charge on any atom is -0.393 e. The lowest BCUT2D eigenvalue weighted by Crippen LogP contribution is -2.64. The summed E-state index contributed by atoms with van der Waals surface area (Å²) in [5, 5.41) is 86.4. The van der Waals surface area contributed by atoms with Crippen molar-refractivity contribution in [2.75, 3.05) is 13.2 Å². The Bertz CT molecular complexity index is 1410. The maximum atomic E-state index is 12.2. The van der Waals surface area contributed by atoms with Gasteiger partial charge in [-0.2, -0.15) is 0 Å². The van der Waals surface area contributed by atoms with E-state index in [0.717, 1.165) is 38.5 Å². The Morgan fingerprint density at radius 2 is 1.25 bits per heavy atom. The van der Waals surface area contributed by atoms with E-state index in [-0.39, 0.29) is 58.7 Å². The second-order valence-corrected chi connectivity index (χ2v) is 20.6. The zero-order chi connectivity index (χ0) is 38.5. The van der Waals surface area contributed by atoms with Crippen LogP contribution in [0.25, 0.3) is 0 Å². The Labute approximate surface area is 313 Å². The summed E-state index contributed by atoms with van der Waals surface area (Å²) >= 11 is 0. The third-order valence-corrected chi connectivity index (χ3v) is 17.2. The Kier molecular flexibility index (Phi) is 9.27. The minimum absolute atomic E-state index is 0.0153. The molecule has 3 saturated heterocycles. The maximum Gasteiger partial charge on any atom is 0.186 e. The van der Waals surface area contributed by atoms with Crippen molar-refractivity contribution < 1.29 is 64.5 Å². The summed E-state index contributed by atoms with van der Waals surface area (Å²) in [4.78, 5) is 0. The van der Waals surface area contributed by atoms with E-state index in [1.54, 1.807) is 13.8 Å². The van der Waals surface area contributed by atoms with Crippen molar-refractivity contribution in [3.05, 3.63) is 0 Å². The van der Waals surface area contributed by atoms with Gasteiger partial charge in [-0.25, -0.2) is 0 Å². The van der Waals surface area contributed by atoms with E-state index >= 15 is 0 Å². The van der Waals surface area contributed by atoms with Crippen LogP contribution < -0.4 is 0 Å². The van der Waals surface area contributed by atoms with E-state index in [2.05, 4.69) is 34.6 Å². The van der Waals surface area contributed by atoms with Gasteiger partial charge in [-0.3, -0.25) is 0 Å². The van der Waals surface area contributed by atoms with Crippen LogP contribution in [0.1, 0.15) is 106 Å². The summed E-state index contributed by atoms with van der Waals surface area (Å²) in [6, 6.07) is 0. The molecule has 0 aromatic rings. The van der Waals surface area contributed by atoms with E-state index in [1.165, 1.54) is 0 Å². The first kappa shape index (κ1) is 39.3. The van der Waals surface area contributed by atoms with Crippen molar-refractivity contribution in [2.45, 2.75) is 191 Å². The summed E-state index contributed by atoms with van der Waals surface area (Å²) in [6.45, 7) is 14.4. The Balaban J connectivity index is 1.14. The molecule has 20 atom stereocenters. The van der Waals surface area contributed by atoms with Gasteiger partial charge >= 0.3 is 0 Å². The van der Waals surface area contributed by atoms with Crippen molar-refractivity contribution in [1.29, 1.82) is 0 Å². The fraction of sp³-hybridized carbons (Fsp3) is 1.00. The van der Waals surface area contributed by atoms with Gasteiger partial charge in [0.1, 0.15) is 36.6 Å². The SMILES string of the molecule is CC(C)(O)C1CCC(C)(C2C(O)CC3(C)C4CC(OC5OCC(O)C(O)C5O)C5C(C)(C)C(OC6OCC(O)C(O)C6O)CCC56CC46CCC23C)O1. The quantitative estimate of drug-likeness (QED) is 0.181. The summed E-state index contributed by atoms with van der Waals surface area (Å²) in [6.07, 6.45) is -4.95. The number of fused-ring (bicyclic) bond motifs is 2.